The molecule has 3 aliphatic heterocycles. The first-order chi connectivity index (χ1) is 17.2. The van der Waals surface area contributed by atoms with Crippen molar-refractivity contribution in [1.29, 1.82) is 0 Å². The molecule has 36 heavy (non-hydrogen) atoms. The maximum atomic E-state index is 13.4. The Balaban J connectivity index is 1.05. The molecule has 1 N–H and O–H groups in total. The number of likely N-dealkylation sites (tertiary alicyclic amines) is 2. The molecule has 6 atom stereocenters. The average molecular weight is 518 g/mol. The van der Waals surface area contributed by atoms with Gasteiger partial charge in [0.2, 0.25) is 5.91 Å². The highest BCUT2D eigenvalue weighted by molar-refractivity contribution is 5.80. The lowest BCUT2D eigenvalue weighted by Gasteiger charge is -2.37. The lowest BCUT2D eigenvalue weighted by Crippen LogP contribution is -2.53. The van der Waals surface area contributed by atoms with E-state index in [0.717, 1.165) is 12.8 Å². The number of alkyl halides is 3. The Morgan fingerprint density at radius 1 is 0.972 bits per heavy atom. The van der Waals surface area contributed by atoms with E-state index in [1.807, 2.05) is 4.90 Å². The van der Waals surface area contributed by atoms with Crippen LogP contribution in [0.4, 0.5) is 18.0 Å². The molecular formula is C23H34F3N5O5. The molecule has 202 valence electrons. The molecule has 10 nitrogen and oxygen atoms in total. The van der Waals surface area contributed by atoms with Crippen LogP contribution in [0.5, 0.6) is 0 Å². The van der Waals surface area contributed by atoms with Gasteiger partial charge in [0.05, 0.1) is 30.8 Å². The van der Waals surface area contributed by atoms with E-state index >= 15 is 0 Å². The molecule has 6 unspecified atom stereocenters. The molecule has 0 bridgehead atoms. The first kappa shape index (κ1) is 25.5. The summed E-state index contributed by atoms with van der Waals surface area (Å²) < 4.78 is 52.4. The van der Waals surface area contributed by atoms with Gasteiger partial charge in [0.1, 0.15) is 6.04 Å². The van der Waals surface area contributed by atoms with Crippen LogP contribution < -0.4 is 5.43 Å². The van der Waals surface area contributed by atoms with Crippen LogP contribution in [0.15, 0.2) is 10.3 Å². The number of nitrogens with one attached hydrogen (secondary N) is 1. The Hall–Kier alpha value is -2.15. The molecule has 5 aliphatic rings. The Kier molecular flexibility index (Phi) is 7.30. The number of carbonyl (C=O) groups is 2. The number of carbonyl (C=O) groups excluding carboxylic acids is 2. The van der Waals surface area contributed by atoms with Crippen molar-refractivity contribution in [2.75, 3.05) is 39.9 Å². The monoisotopic (exact) mass is 517 g/mol. The minimum absolute atomic E-state index is 0.0515. The largest absolute Gasteiger partial charge is 0.522 e. The summed E-state index contributed by atoms with van der Waals surface area (Å²) in [7, 11) is 1.62. The zero-order valence-corrected chi connectivity index (χ0v) is 20.4. The minimum atomic E-state index is -4.61. The van der Waals surface area contributed by atoms with Crippen LogP contribution in [-0.2, 0) is 19.0 Å². The number of ether oxygens (including phenoxy) is 3. The zero-order valence-electron chi connectivity index (χ0n) is 20.4. The molecule has 13 heteroatoms. The van der Waals surface area contributed by atoms with Gasteiger partial charge in [-0.05, 0) is 44.4 Å². The van der Waals surface area contributed by atoms with E-state index in [-0.39, 0.29) is 60.5 Å². The average Bonchev–Trinajstić information content (AvgIpc) is 3.56. The third-order valence-electron chi connectivity index (χ3n) is 8.53. The van der Waals surface area contributed by atoms with E-state index in [0.29, 0.717) is 51.9 Å². The van der Waals surface area contributed by atoms with Crippen LogP contribution in [-0.4, -0.2) is 92.3 Å². The van der Waals surface area contributed by atoms with Gasteiger partial charge in [-0.15, -0.1) is 13.2 Å². The molecule has 0 spiro atoms. The topological polar surface area (TPSA) is 105 Å². The highest BCUT2D eigenvalue weighted by Gasteiger charge is 2.50. The lowest BCUT2D eigenvalue weighted by molar-refractivity contribution is -0.345. The molecule has 5 rings (SSSR count). The van der Waals surface area contributed by atoms with E-state index in [4.69, 9.17) is 9.47 Å². The molecule has 4 fully saturated rings. The standard InChI is InChI=1S/C23H34F3N5O5/c1-34-20-17(6-7-18-19(20)28-29-27-18)21(32)30-8-14-10-31(11-15(14)9-30)22(33)35-12-13-2-4-16(5-3-13)36-23(24,25)26/h13-20H,2-12H2,1H3,(H,27,28). The molecule has 0 aromatic rings. The number of hydrogen-bond acceptors (Lipinski definition) is 8. The van der Waals surface area contributed by atoms with E-state index in [2.05, 4.69) is 20.5 Å². The fourth-order valence-electron chi connectivity index (χ4n) is 6.63. The van der Waals surface area contributed by atoms with Gasteiger partial charge in [0.25, 0.3) is 0 Å². The molecule has 2 amide bonds. The van der Waals surface area contributed by atoms with Crippen molar-refractivity contribution in [3.8, 4) is 0 Å². The van der Waals surface area contributed by atoms with Crippen molar-refractivity contribution in [3.05, 3.63) is 0 Å². The van der Waals surface area contributed by atoms with Crippen LogP contribution in [0.1, 0.15) is 38.5 Å². The van der Waals surface area contributed by atoms with Crippen molar-refractivity contribution in [2.24, 2.45) is 34.0 Å². The Labute approximate surface area is 207 Å². The van der Waals surface area contributed by atoms with Crippen LogP contribution in [0, 0.1) is 23.7 Å². The van der Waals surface area contributed by atoms with E-state index in [9.17, 15) is 22.8 Å². The number of amides is 2. The number of methoxy groups -OCH3 is 1. The fraction of sp³-hybridized carbons (Fsp3) is 0.913. The molecule has 2 saturated heterocycles. The molecule has 0 aromatic heterocycles. The number of hydrogen-bond donors (Lipinski definition) is 1. The van der Waals surface area contributed by atoms with E-state index in [1.54, 1.807) is 12.0 Å². The summed E-state index contributed by atoms with van der Waals surface area (Å²) in [6.45, 7) is 2.51. The predicted molar refractivity (Wildman–Crippen MR) is 118 cm³/mol. The van der Waals surface area contributed by atoms with E-state index in [1.165, 1.54) is 0 Å². The quantitative estimate of drug-likeness (QED) is 0.602. The Morgan fingerprint density at radius 3 is 2.28 bits per heavy atom. The van der Waals surface area contributed by atoms with Gasteiger partial charge >= 0.3 is 12.5 Å². The van der Waals surface area contributed by atoms with Gasteiger partial charge in [-0.25, -0.2) is 4.79 Å². The molecule has 0 radical (unpaired) electrons. The molecule has 3 heterocycles. The van der Waals surface area contributed by atoms with Gasteiger partial charge in [0.15, 0.2) is 0 Å². The highest BCUT2D eigenvalue weighted by Crippen LogP contribution is 2.37. The van der Waals surface area contributed by atoms with Gasteiger partial charge in [-0.3, -0.25) is 15.0 Å². The summed E-state index contributed by atoms with van der Waals surface area (Å²) in [5.41, 5.74) is 3.00. The zero-order chi connectivity index (χ0) is 25.4. The third-order valence-corrected chi connectivity index (χ3v) is 8.53. The Morgan fingerprint density at radius 2 is 1.64 bits per heavy atom. The summed E-state index contributed by atoms with van der Waals surface area (Å²) in [4.78, 5) is 29.6. The molecule has 0 aromatic carbocycles. The van der Waals surface area contributed by atoms with Crippen molar-refractivity contribution in [3.63, 3.8) is 0 Å². The molecular weight excluding hydrogens is 483 g/mol. The van der Waals surface area contributed by atoms with E-state index < -0.39 is 12.5 Å². The smallest absolute Gasteiger partial charge is 0.449 e. The summed E-state index contributed by atoms with van der Waals surface area (Å²) in [6, 6.07) is -0.0166. The summed E-state index contributed by atoms with van der Waals surface area (Å²) >= 11 is 0. The fourth-order valence-corrected chi connectivity index (χ4v) is 6.63. The SMILES string of the molecule is COC1C(C(=O)N2CC3CN(C(=O)OCC4CCC(OC(F)(F)F)CC4)CC3C2)CCC2NN=NC21. The number of fused-ring (bicyclic) bond motifs is 2. The van der Waals surface area contributed by atoms with Crippen LogP contribution >= 0.6 is 0 Å². The van der Waals surface area contributed by atoms with Crippen molar-refractivity contribution >= 4 is 12.0 Å². The lowest BCUT2D eigenvalue weighted by atomic mass is 9.79. The minimum Gasteiger partial charge on any atom is -0.449 e. The molecule has 2 aliphatic carbocycles. The summed E-state index contributed by atoms with van der Waals surface area (Å²) in [5, 5.41) is 8.16. The number of rotatable bonds is 5. The number of halogens is 3. The maximum absolute atomic E-state index is 13.4. The van der Waals surface area contributed by atoms with Crippen molar-refractivity contribution < 1.29 is 37.0 Å². The second kappa shape index (κ2) is 10.3. The predicted octanol–water partition coefficient (Wildman–Crippen LogP) is 2.74. The van der Waals surface area contributed by atoms with Crippen LogP contribution in [0.3, 0.4) is 0 Å². The van der Waals surface area contributed by atoms with Crippen molar-refractivity contribution in [1.82, 2.24) is 15.2 Å². The third kappa shape index (κ3) is 5.41. The first-order valence-corrected chi connectivity index (χ1v) is 12.8. The number of nitrogens with zero attached hydrogens (tertiary/aromatic N) is 4. The van der Waals surface area contributed by atoms with Gasteiger partial charge in [0, 0.05) is 45.1 Å². The van der Waals surface area contributed by atoms with Crippen molar-refractivity contribution in [2.45, 2.75) is 69.2 Å². The maximum Gasteiger partial charge on any atom is 0.522 e. The van der Waals surface area contributed by atoms with Crippen LogP contribution in [0.25, 0.3) is 0 Å². The van der Waals surface area contributed by atoms with Gasteiger partial charge < -0.3 is 19.3 Å². The second-order valence-electron chi connectivity index (χ2n) is 10.8. The normalized spacial score (nSPS) is 38.0. The van der Waals surface area contributed by atoms with Gasteiger partial charge in [-0.1, -0.05) is 5.22 Å². The highest BCUT2D eigenvalue weighted by atomic mass is 19.4. The Bertz CT molecular complexity index is 838. The van der Waals surface area contributed by atoms with Crippen LogP contribution in [0.2, 0.25) is 0 Å². The first-order valence-electron chi connectivity index (χ1n) is 12.8. The molecule has 2 saturated carbocycles. The van der Waals surface area contributed by atoms with Gasteiger partial charge in [-0.2, -0.15) is 5.11 Å². The summed E-state index contributed by atoms with van der Waals surface area (Å²) in [5.74, 6) is 0.321. The summed E-state index contributed by atoms with van der Waals surface area (Å²) in [6.07, 6.45) is -2.84. The second-order valence-corrected chi connectivity index (χ2v) is 10.8.